The molecule has 0 fully saturated rings. The monoisotopic (exact) mass is 249 g/mol. The minimum Gasteiger partial charge on any atom is -0.496 e. The summed E-state index contributed by atoms with van der Waals surface area (Å²) in [5, 5.41) is 2.69. The molecule has 1 aromatic carbocycles. The zero-order valence-corrected chi connectivity index (χ0v) is 11.2. The highest BCUT2D eigenvalue weighted by molar-refractivity contribution is 7.11. The first-order chi connectivity index (χ1) is 8.17. The highest BCUT2D eigenvalue weighted by Gasteiger charge is 2.11. The van der Waals surface area contributed by atoms with Gasteiger partial charge >= 0.3 is 0 Å². The van der Waals surface area contributed by atoms with E-state index in [1.807, 2.05) is 17.5 Å². The number of methoxy groups -OCH3 is 2. The van der Waals surface area contributed by atoms with Gasteiger partial charge in [0.05, 0.1) is 19.9 Å². The molecule has 0 N–H and O–H groups in total. The number of aromatic nitrogens is 1. The van der Waals surface area contributed by atoms with Crippen LogP contribution in [0.1, 0.15) is 11.1 Å². The maximum absolute atomic E-state index is 5.30. The Morgan fingerprint density at radius 3 is 2.41 bits per heavy atom. The van der Waals surface area contributed by atoms with Crippen LogP contribution in [0.4, 0.5) is 0 Å². The van der Waals surface area contributed by atoms with E-state index in [9.17, 15) is 0 Å². The number of hydrogen-bond donors (Lipinski definition) is 0. The Kier molecular flexibility index (Phi) is 3.33. The van der Waals surface area contributed by atoms with Gasteiger partial charge in [-0.05, 0) is 37.1 Å². The van der Waals surface area contributed by atoms with Crippen molar-refractivity contribution >= 4 is 11.3 Å². The highest BCUT2D eigenvalue weighted by atomic mass is 32.1. The van der Waals surface area contributed by atoms with Gasteiger partial charge in [-0.25, -0.2) is 4.98 Å². The van der Waals surface area contributed by atoms with Gasteiger partial charge in [0.25, 0.3) is 5.19 Å². The van der Waals surface area contributed by atoms with E-state index in [0.717, 1.165) is 22.6 Å². The highest BCUT2D eigenvalue weighted by Crippen LogP contribution is 2.33. The van der Waals surface area contributed by atoms with E-state index in [1.165, 1.54) is 16.9 Å². The third kappa shape index (κ3) is 2.13. The van der Waals surface area contributed by atoms with Crippen LogP contribution in [-0.4, -0.2) is 19.2 Å². The average molecular weight is 249 g/mol. The van der Waals surface area contributed by atoms with Crippen LogP contribution in [0.25, 0.3) is 11.3 Å². The lowest BCUT2D eigenvalue weighted by molar-refractivity contribution is 0.411. The summed E-state index contributed by atoms with van der Waals surface area (Å²) in [6.45, 7) is 4.14. The summed E-state index contributed by atoms with van der Waals surface area (Å²) < 4.78 is 10.4. The Morgan fingerprint density at radius 2 is 1.82 bits per heavy atom. The van der Waals surface area contributed by atoms with Crippen molar-refractivity contribution in [1.82, 2.24) is 4.98 Å². The molecule has 2 aromatic rings. The molecule has 0 aliphatic rings. The first-order valence-corrected chi connectivity index (χ1v) is 6.19. The molecule has 0 aliphatic carbocycles. The zero-order valence-electron chi connectivity index (χ0n) is 10.4. The van der Waals surface area contributed by atoms with E-state index in [0.29, 0.717) is 5.19 Å². The second kappa shape index (κ2) is 4.75. The molecule has 0 aliphatic heterocycles. The van der Waals surface area contributed by atoms with Gasteiger partial charge in [-0.1, -0.05) is 11.3 Å². The van der Waals surface area contributed by atoms with E-state index < -0.39 is 0 Å². The fraction of sp³-hybridized carbons (Fsp3) is 0.308. The molecule has 1 heterocycles. The van der Waals surface area contributed by atoms with Crippen molar-refractivity contribution < 1.29 is 9.47 Å². The molecule has 90 valence electrons. The van der Waals surface area contributed by atoms with E-state index in [2.05, 4.69) is 18.8 Å². The Bertz CT molecular complexity index is 534. The van der Waals surface area contributed by atoms with Gasteiger partial charge < -0.3 is 9.47 Å². The van der Waals surface area contributed by atoms with Crippen LogP contribution in [-0.2, 0) is 0 Å². The van der Waals surface area contributed by atoms with E-state index >= 15 is 0 Å². The molecule has 2 rings (SSSR count). The number of rotatable bonds is 3. The van der Waals surface area contributed by atoms with Crippen LogP contribution >= 0.6 is 11.3 Å². The average Bonchev–Trinajstić information content (AvgIpc) is 2.81. The molecule has 0 atom stereocenters. The van der Waals surface area contributed by atoms with Gasteiger partial charge in [0.15, 0.2) is 0 Å². The molecule has 0 amide bonds. The number of nitrogens with zero attached hydrogens (tertiary/aromatic N) is 1. The largest absolute Gasteiger partial charge is 0.496 e. The molecule has 0 saturated heterocycles. The summed E-state index contributed by atoms with van der Waals surface area (Å²) in [5.74, 6) is 0.911. The van der Waals surface area contributed by atoms with Crippen LogP contribution in [0.3, 0.4) is 0 Å². The van der Waals surface area contributed by atoms with Gasteiger partial charge in [-0.15, -0.1) is 0 Å². The van der Waals surface area contributed by atoms with Crippen LogP contribution in [0, 0.1) is 13.8 Å². The van der Waals surface area contributed by atoms with Crippen LogP contribution in [0.5, 0.6) is 10.9 Å². The molecular formula is C13H15NO2S. The lowest BCUT2D eigenvalue weighted by atomic mass is 10.0. The first kappa shape index (κ1) is 11.9. The molecule has 4 heteroatoms. The van der Waals surface area contributed by atoms with Crippen LogP contribution in [0.15, 0.2) is 17.5 Å². The number of benzene rings is 1. The van der Waals surface area contributed by atoms with Crippen molar-refractivity contribution in [2.75, 3.05) is 14.2 Å². The van der Waals surface area contributed by atoms with Gasteiger partial charge in [0, 0.05) is 10.9 Å². The quantitative estimate of drug-likeness (QED) is 0.835. The fourth-order valence-electron chi connectivity index (χ4n) is 1.77. The second-order valence-electron chi connectivity index (χ2n) is 3.77. The molecule has 0 saturated carbocycles. The van der Waals surface area contributed by atoms with Crippen molar-refractivity contribution in [3.8, 4) is 22.2 Å². The number of hydrogen-bond acceptors (Lipinski definition) is 4. The first-order valence-electron chi connectivity index (χ1n) is 5.31. The Balaban J connectivity index is 2.49. The minimum absolute atomic E-state index is 0.688. The molecule has 3 nitrogen and oxygen atoms in total. The smallest absolute Gasteiger partial charge is 0.273 e. The summed E-state index contributed by atoms with van der Waals surface area (Å²) in [4.78, 5) is 4.41. The van der Waals surface area contributed by atoms with Crippen LogP contribution < -0.4 is 9.47 Å². The molecule has 0 unspecified atom stereocenters. The molecule has 0 bridgehead atoms. The van der Waals surface area contributed by atoms with Crippen molar-refractivity contribution in [2.24, 2.45) is 0 Å². The van der Waals surface area contributed by atoms with Gasteiger partial charge in [0.1, 0.15) is 5.75 Å². The molecular weight excluding hydrogens is 234 g/mol. The Hall–Kier alpha value is -1.55. The van der Waals surface area contributed by atoms with Crippen LogP contribution in [0.2, 0.25) is 0 Å². The molecule has 0 spiro atoms. The molecule has 17 heavy (non-hydrogen) atoms. The van der Waals surface area contributed by atoms with Crippen molar-refractivity contribution in [1.29, 1.82) is 0 Å². The third-order valence-electron chi connectivity index (χ3n) is 2.89. The van der Waals surface area contributed by atoms with Gasteiger partial charge in [0.2, 0.25) is 0 Å². The van der Waals surface area contributed by atoms with Crippen molar-refractivity contribution in [2.45, 2.75) is 13.8 Å². The van der Waals surface area contributed by atoms with E-state index in [1.54, 1.807) is 14.2 Å². The summed E-state index contributed by atoms with van der Waals surface area (Å²) in [5.41, 5.74) is 4.42. The van der Waals surface area contributed by atoms with E-state index in [-0.39, 0.29) is 0 Å². The maximum Gasteiger partial charge on any atom is 0.273 e. The van der Waals surface area contributed by atoms with Crippen molar-refractivity contribution in [3.05, 3.63) is 28.6 Å². The Labute approximate surface area is 105 Å². The normalized spacial score (nSPS) is 10.4. The second-order valence-corrected chi connectivity index (χ2v) is 4.59. The Morgan fingerprint density at radius 1 is 1.06 bits per heavy atom. The molecule has 0 radical (unpaired) electrons. The predicted octanol–water partition coefficient (Wildman–Crippen LogP) is 3.44. The fourth-order valence-corrected chi connectivity index (χ4v) is 2.41. The lowest BCUT2D eigenvalue weighted by Gasteiger charge is -2.10. The summed E-state index contributed by atoms with van der Waals surface area (Å²) in [6, 6.07) is 4.01. The minimum atomic E-state index is 0.688. The third-order valence-corrected chi connectivity index (χ3v) is 3.69. The summed E-state index contributed by atoms with van der Waals surface area (Å²) >= 11 is 1.50. The SMILES string of the molecule is COc1nc(-c2ccc(OC)c(C)c2C)cs1. The number of ether oxygens (including phenoxy) is 2. The maximum atomic E-state index is 5.30. The lowest BCUT2D eigenvalue weighted by Crippen LogP contribution is -1.93. The molecule has 1 aromatic heterocycles. The van der Waals surface area contributed by atoms with Crippen molar-refractivity contribution in [3.63, 3.8) is 0 Å². The standard InChI is InChI=1S/C13H15NO2S/c1-8-9(2)12(15-3)6-5-10(8)11-7-17-13(14-11)16-4/h5-7H,1-4H3. The zero-order chi connectivity index (χ0) is 12.4. The topological polar surface area (TPSA) is 31.4 Å². The summed E-state index contributed by atoms with van der Waals surface area (Å²) in [6.07, 6.45) is 0. The predicted molar refractivity (Wildman–Crippen MR) is 70.1 cm³/mol. The number of thiazole rings is 1. The van der Waals surface area contributed by atoms with Gasteiger partial charge in [-0.3, -0.25) is 0 Å². The van der Waals surface area contributed by atoms with Gasteiger partial charge in [-0.2, -0.15) is 0 Å². The summed E-state index contributed by atoms with van der Waals surface area (Å²) in [7, 11) is 3.32. The van der Waals surface area contributed by atoms with E-state index in [4.69, 9.17) is 9.47 Å².